The minimum absolute atomic E-state index is 0.0642. The largest absolute Gasteiger partial charge is 0.346 e. The van der Waals surface area contributed by atoms with Crippen LogP contribution in [0, 0.1) is 12.7 Å². The van der Waals surface area contributed by atoms with Crippen molar-refractivity contribution >= 4 is 5.91 Å². The summed E-state index contributed by atoms with van der Waals surface area (Å²) in [6.07, 6.45) is 1.59. The van der Waals surface area contributed by atoms with E-state index in [1.807, 2.05) is 0 Å². The molecule has 1 rings (SSSR count). The van der Waals surface area contributed by atoms with E-state index < -0.39 is 11.7 Å². The maximum absolute atomic E-state index is 13.4. The topological polar surface area (TPSA) is 29.1 Å². The Bertz CT molecular complexity index is 387. The van der Waals surface area contributed by atoms with Crippen molar-refractivity contribution in [2.24, 2.45) is 0 Å². The molecule has 80 valence electrons. The predicted molar refractivity (Wildman–Crippen MR) is 58.3 cm³/mol. The van der Waals surface area contributed by atoms with Crippen molar-refractivity contribution in [3.05, 3.63) is 47.8 Å². The van der Waals surface area contributed by atoms with Crippen LogP contribution in [0.1, 0.15) is 22.8 Å². The smallest absolute Gasteiger partial charge is 0.254 e. The van der Waals surface area contributed by atoms with Gasteiger partial charge in [0.15, 0.2) is 0 Å². The average Bonchev–Trinajstić information content (AvgIpc) is 2.17. The van der Waals surface area contributed by atoms with E-state index in [1.54, 1.807) is 26.0 Å². The number of hydrogen-bond acceptors (Lipinski definition) is 1. The number of hydrogen-bond donors (Lipinski definition) is 1. The second-order valence-corrected chi connectivity index (χ2v) is 3.48. The van der Waals surface area contributed by atoms with Gasteiger partial charge >= 0.3 is 0 Å². The van der Waals surface area contributed by atoms with Gasteiger partial charge in [-0.1, -0.05) is 12.1 Å². The molecule has 2 nitrogen and oxygen atoms in total. The molecule has 1 aromatic carbocycles. The molecule has 3 heteroatoms. The summed E-state index contributed by atoms with van der Waals surface area (Å²) in [5.74, 6) is -0.913. The monoisotopic (exact) mass is 207 g/mol. The van der Waals surface area contributed by atoms with Crippen LogP contribution in [0.2, 0.25) is 0 Å². The van der Waals surface area contributed by atoms with Crippen molar-refractivity contribution < 1.29 is 9.18 Å². The Morgan fingerprint density at radius 3 is 2.80 bits per heavy atom. The number of carbonyl (C=O) groups is 1. The van der Waals surface area contributed by atoms with Gasteiger partial charge in [-0.15, -0.1) is 6.58 Å². The molecule has 0 saturated carbocycles. The first-order valence-electron chi connectivity index (χ1n) is 4.74. The Labute approximate surface area is 88.8 Å². The van der Waals surface area contributed by atoms with Gasteiger partial charge in [0.05, 0.1) is 5.56 Å². The fourth-order valence-electron chi connectivity index (χ4n) is 1.15. The number of aryl methyl sites for hydroxylation is 1. The Morgan fingerprint density at radius 2 is 2.27 bits per heavy atom. The molecule has 0 fully saturated rings. The van der Waals surface area contributed by atoms with Gasteiger partial charge < -0.3 is 5.32 Å². The number of halogens is 1. The van der Waals surface area contributed by atoms with E-state index in [0.717, 1.165) is 5.56 Å². The van der Waals surface area contributed by atoms with E-state index >= 15 is 0 Å². The summed E-state index contributed by atoms with van der Waals surface area (Å²) in [6.45, 7) is 7.09. The van der Waals surface area contributed by atoms with Gasteiger partial charge in [0.1, 0.15) is 5.82 Å². The molecular weight excluding hydrogens is 193 g/mol. The van der Waals surface area contributed by atoms with E-state index in [0.29, 0.717) is 0 Å². The van der Waals surface area contributed by atoms with Crippen LogP contribution in [0.3, 0.4) is 0 Å². The van der Waals surface area contributed by atoms with Crippen molar-refractivity contribution in [2.75, 3.05) is 0 Å². The lowest BCUT2D eigenvalue weighted by Gasteiger charge is -2.09. The van der Waals surface area contributed by atoms with Gasteiger partial charge in [-0.3, -0.25) is 4.79 Å². The molecule has 1 N–H and O–H groups in total. The van der Waals surface area contributed by atoms with Crippen LogP contribution in [0.25, 0.3) is 0 Å². The fraction of sp³-hybridized carbons (Fsp3) is 0.250. The molecule has 0 aromatic heterocycles. The first-order valence-corrected chi connectivity index (χ1v) is 4.74. The van der Waals surface area contributed by atoms with Crippen LogP contribution in [0.4, 0.5) is 4.39 Å². The van der Waals surface area contributed by atoms with Gasteiger partial charge in [-0.25, -0.2) is 4.39 Å². The lowest BCUT2D eigenvalue weighted by molar-refractivity contribution is 0.0943. The molecular formula is C12H14FNO. The highest BCUT2D eigenvalue weighted by molar-refractivity contribution is 5.94. The Balaban J connectivity index is 2.87. The predicted octanol–water partition coefficient (Wildman–Crippen LogP) is 2.44. The van der Waals surface area contributed by atoms with Crippen molar-refractivity contribution in [3.63, 3.8) is 0 Å². The molecule has 0 aliphatic carbocycles. The normalized spacial score (nSPS) is 11.9. The van der Waals surface area contributed by atoms with Crippen molar-refractivity contribution in [1.29, 1.82) is 0 Å². The molecule has 15 heavy (non-hydrogen) atoms. The van der Waals surface area contributed by atoms with Crippen LogP contribution in [-0.2, 0) is 0 Å². The minimum Gasteiger partial charge on any atom is -0.346 e. The van der Waals surface area contributed by atoms with E-state index in [-0.39, 0.29) is 11.6 Å². The standard InChI is InChI=1S/C12H14FNO/c1-4-9(3)14-12(15)10-6-5-8(2)7-11(10)13/h4-7,9H,1H2,2-3H3,(H,14,15). The fourth-order valence-corrected chi connectivity index (χ4v) is 1.15. The number of nitrogens with one attached hydrogen (secondary N) is 1. The SMILES string of the molecule is C=CC(C)NC(=O)c1ccc(C)cc1F. The minimum atomic E-state index is -0.497. The molecule has 0 aliphatic rings. The lowest BCUT2D eigenvalue weighted by Crippen LogP contribution is -2.31. The van der Waals surface area contributed by atoms with Crippen molar-refractivity contribution in [3.8, 4) is 0 Å². The summed E-state index contributed by atoms with van der Waals surface area (Å²) in [5, 5.41) is 2.61. The zero-order valence-corrected chi connectivity index (χ0v) is 8.88. The Morgan fingerprint density at radius 1 is 1.60 bits per heavy atom. The van der Waals surface area contributed by atoms with Crippen LogP contribution in [0.5, 0.6) is 0 Å². The maximum atomic E-state index is 13.4. The van der Waals surface area contributed by atoms with Gasteiger partial charge in [0, 0.05) is 6.04 Å². The third kappa shape index (κ3) is 2.91. The maximum Gasteiger partial charge on any atom is 0.254 e. The summed E-state index contributed by atoms with van der Waals surface area (Å²) < 4.78 is 13.4. The molecule has 0 saturated heterocycles. The van der Waals surface area contributed by atoms with Crippen molar-refractivity contribution in [1.82, 2.24) is 5.32 Å². The molecule has 0 bridgehead atoms. The summed E-state index contributed by atoms with van der Waals surface area (Å²) in [4.78, 5) is 11.5. The van der Waals surface area contributed by atoms with Crippen LogP contribution >= 0.6 is 0 Å². The Hall–Kier alpha value is -1.64. The summed E-state index contributed by atoms with van der Waals surface area (Å²) in [6, 6.07) is 4.36. The van der Waals surface area contributed by atoms with Crippen LogP contribution < -0.4 is 5.32 Å². The zero-order valence-electron chi connectivity index (χ0n) is 8.88. The Kier molecular flexibility index (Phi) is 3.61. The zero-order chi connectivity index (χ0) is 11.4. The van der Waals surface area contributed by atoms with Crippen molar-refractivity contribution in [2.45, 2.75) is 19.9 Å². The lowest BCUT2D eigenvalue weighted by atomic mass is 10.1. The molecule has 1 unspecified atom stereocenters. The molecule has 0 spiro atoms. The van der Waals surface area contributed by atoms with Gasteiger partial charge in [0.25, 0.3) is 5.91 Å². The summed E-state index contributed by atoms with van der Waals surface area (Å²) in [7, 11) is 0. The highest BCUT2D eigenvalue weighted by Gasteiger charge is 2.12. The number of benzene rings is 1. The van der Waals surface area contributed by atoms with Gasteiger partial charge in [-0.05, 0) is 31.5 Å². The summed E-state index contributed by atoms with van der Waals surface area (Å²) in [5.41, 5.74) is 0.857. The highest BCUT2D eigenvalue weighted by atomic mass is 19.1. The molecule has 1 aromatic rings. The molecule has 0 radical (unpaired) electrons. The van der Waals surface area contributed by atoms with E-state index in [9.17, 15) is 9.18 Å². The molecule has 0 heterocycles. The van der Waals surface area contributed by atoms with E-state index in [2.05, 4.69) is 11.9 Å². The van der Waals surface area contributed by atoms with E-state index in [1.165, 1.54) is 12.1 Å². The summed E-state index contributed by atoms with van der Waals surface area (Å²) >= 11 is 0. The number of carbonyl (C=O) groups excluding carboxylic acids is 1. The quantitative estimate of drug-likeness (QED) is 0.758. The molecule has 1 amide bonds. The van der Waals surface area contributed by atoms with Gasteiger partial charge in [0.2, 0.25) is 0 Å². The highest BCUT2D eigenvalue weighted by Crippen LogP contribution is 2.09. The van der Waals surface area contributed by atoms with Crippen LogP contribution in [0.15, 0.2) is 30.9 Å². The number of amides is 1. The molecule has 1 atom stereocenters. The first kappa shape index (κ1) is 11.4. The number of rotatable bonds is 3. The van der Waals surface area contributed by atoms with E-state index in [4.69, 9.17) is 0 Å². The second-order valence-electron chi connectivity index (χ2n) is 3.48. The van der Waals surface area contributed by atoms with Gasteiger partial charge in [-0.2, -0.15) is 0 Å². The first-order chi connectivity index (χ1) is 7.04. The second kappa shape index (κ2) is 4.73. The third-order valence-electron chi connectivity index (χ3n) is 2.08. The van der Waals surface area contributed by atoms with Crippen LogP contribution in [-0.4, -0.2) is 11.9 Å². The molecule has 0 aliphatic heterocycles. The average molecular weight is 207 g/mol. The third-order valence-corrected chi connectivity index (χ3v) is 2.08.